The summed E-state index contributed by atoms with van der Waals surface area (Å²) in [5.41, 5.74) is 4.70. The van der Waals surface area contributed by atoms with Gasteiger partial charge in [-0.1, -0.05) is 28.7 Å². The highest BCUT2D eigenvalue weighted by molar-refractivity contribution is 14.1. The number of carbonyl (C=O) groups is 1. The molecule has 1 aromatic carbocycles. The average Bonchev–Trinajstić information content (AvgIpc) is 2.23. The maximum Gasteiger partial charge on any atom is 0.324 e. The quantitative estimate of drug-likeness (QED) is 0.570. The molecule has 1 atom stereocenters. The Kier molecular flexibility index (Phi) is 4.09. The highest BCUT2D eigenvalue weighted by atomic mass is 127. The number of aliphatic carboxylic acids is 1. The molecule has 88 valence electrons. The summed E-state index contributed by atoms with van der Waals surface area (Å²) in [6.45, 7) is 0. The summed E-state index contributed by atoms with van der Waals surface area (Å²) in [6.07, 6.45) is 0.0163. The van der Waals surface area contributed by atoms with E-state index in [1.807, 2.05) is 22.6 Å². The molecule has 0 aliphatic carbocycles. The molecule has 0 fully saturated rings. The second kappa shape index (κ2) is 4.96. The fourth-order valence-electron chi connectivity index (χ4n) is 1.20. The molecule has 6 heteroatoms. The summed E-state index contributed by atoms with van der Waals surface area (Å²) >= 11 is 1.87. The lowest BCUT2D eigenvalue weighted by atomic mass is 9.94. The van der Waals surface area contributed by atoms with E-state index in [1.54, 1.807) is 0 Å². The van der Waals surface area contributed by atoms with Gasteiger partial charge in [0.1, 0.15) is 5.54 Å². The molecular weight excluding hydrogens is 328 g/mol. The molecule has 4 nitrogen and oxygen atoms in total. The van der Waals surface area contributed by atoms with Gasteiger partial charge in [0.25, 0.3) is 0 Å². The summed E-state index contributed by atoms with van der Waals surface area (Å²) in [7, 11) is 0. The number of aromatic hydroxyl groups is 1. The van der Waals surface area contributed by atoms with Crippen LogP contribution in [0.4, 0.5) is 4.39 Å². The molecule has 0 amide bonds. The molecule has 1 rings (SSSR count). The Labute approximate surface area is 105 Å². The van der Waals surface area contributed by atoms with Crippen molar-refractivity contribution in [3.8, 4) is 5.75 Å². The van der Waals surface area contributed by atoms with E-state index in [2.05, 4.69) is 0 Å². The van der Waals surface area contributed by atoms with Crippen molar-refractivity contribution in [2.75, 3.05) is 4.43 Å². The predicted molar refractivity (Wildman–Crippen MR) is 65.2 cm³/mol. The fraction of sp³-hybridized carbons (Fsp3) is 0.300. The van der Waals surface area contributed by atoms with Crippen LogP contribution in [0.3, 0.4) is 0 Å². The first-order valence-corrected chi connectivity index (χ1v) is 5.97. The second-order valence-corrected chi connectivity index (χ2v) is 4.32. The van der Waals surface area contributed by atoms with Crippen molar-refractivity contribution in [2.45, 2.75) is 12.0 Å². The van der Waals surface area contributed by atoms with Crippen molar-refractivity contribution in [3.05, 3.63) is 29.6 Å². The van der Waals surface area contributed by atoms with Crippen LogP contribution < -0.4 is 5.73 Å². The van der Waals surface area contributed by atoms with Crippen LogP contribution in [0.1, 0.15) is 5.56 Å². The van der Waals surface area contributed by atoms with Gasteiger partial charge in [0.15, 0.2) is 11.6 Å². The van der Waals surface area contributed by atoms with Gasteiger partial charge >= 0.3 is 5.97 Å². The largest absolute Gasteiger partial charge is 0.505 e. The van der Waals surface area contributed by atoms with Crippen molar-refractivity contribution in [2.24, 2.45) is 5.73 Å². The van der Waals surface area contributed by atoms with Crippen LogP contribution >= 0.6 is 22.6 Å². The maximum absolute atomic E-state index is 13.0. The van der Waals surface area contributed by atoms with Crippen LogP contribution in [0, 0.1) is 5.82 Å². The number of carboxylic acid groups (broad SMARTS) is 1. The van der Waals surface area contributed by atoms with Crippen molar-refractivity contribution >= 4 is 28.6 Å². The third kappa shape index (κ3) is 2.82. The molecule has 0 spiro atoms. The van der Waals surface area contributed by atoms with Gasteiger partial charge in [0, 0.05) is 10.8 Å². The summed E-state index contributed by atoms with van der Waals surface area (Å²) < 4.78 is 13.2. The first-order valence-electron chi connectivity index (χ1n) is 4.44. The van der Waals surface area contributed by atoms with E-state index in [4.69, 9.17) is 15.9 Å². The van der Waals surface area contributed by atoms with E-state index in [9.17, 15) is 9.18 Å². The zero-order chi connectivity index (χ0) is 12.3. The van der Waals surface area contributed by atoms with Gasteiger partial charge in [-0.15, -0.1) is 0 Å². The highest BCUT2D eigenvalue weighted by Crippen LogP contribution is 2.20. The zero-order valence-corrected chi connectivity index (χ0v) is 10.4. The molecule has 0 saturated carbocycles. The van der Waals surface area contributed by atoms with E-state index < -0.39 is 23.1 Å². The summed E-state index contributed by atoms with van der Waals surface area (Å²) in [4.78, 5) is 10.9. The predicted octanol–water partition coefficient (Wildman–Crippen LogP) is 1.29. The van der Waals surface area contributed by atoms with Gasteiger partial charge in [0.2, 0.25) is 0 Å². The molecule has 0 aromatic heterocycles. The van der Waals surface area contributed by atoms with Gasteiger partial charge in [-0.2, -0.15) is 0 Å². The molecule has 1 aromatic rings. The van der Waals surface area contributed by atoms with Gasteiger partial charge in [-0.05, 0) is 17.7 Å². The first kappa shape index (κ1) is 13.2. The number of hydrogen-bond donors (Lipinski definition) is 3. The lowest BCUT2D eigenvalue weighted by Crippen LogP contribution is -2.51. The molecule has 1 unspecified atom stereocenters. The van der Waals surface area contributed by atoms with Gasteiger partial charge < -0.3 is 15.9 Å². The zero-order valence-electron chi connectivity index (χ0n) is 8.28. The lowest BCUT2D eigenvalue weighted by molar-refractivity contribution is -0.142. The Balaban J connectivity index is 2.95. The molecule has 0 radical (unpaired) electrons. The molecule has 0 heterocycles. The van der Waals surface area contributed by atoms with Crippen LogP contribution in [-0.4, -0.2) is 26.1 Å². The van der Waals surface area contributed by atoms with E-state index in [0.29, 0.717) is 5.56 Å². The molecule has 0 aliphatic rings. The third-order valence-corrected chi connectivity index (χ3v) is 3.56. The fourth-order valence-corrected chi connectivity index (χ4v) is 1.80. The topological polar surface area (TPSA) is 83.5 Å². The number of phenols is 1. The molecular formula is C10H11FINO3. The normalized spacial score (nSPS) is 14.4. The molecule has 4 N–H and O–H groups in total. The van der Waals surface area contributed by atoms with E-state index >= 15 is 0 Å². The first-order chi connectivity index (χ1) is 7.39. The Morgan fingerprint density at radius 2 is 2.19 bits per heavy atom. The Bertz CT molecular complexity index is 413. The Morgan fingerprint density at radius 1 is 1.56 bits per heavy atom. The van der Waals surface area contributed by atoms with Crippen LogP contribution in [-0.2, 0) is 11.2 Å². The minimum Gasteiger partial charge on any atom is -0.505 e. The number of alkyl halides is 1. The van der Waals surface area contributed by atoms with Crippen LogP contribution in [0.2, 0.25) is 0 Å². The van der Waals surface area contributed by atoms with Gasteiger partial charge in [-0.3, -0.25) is 4.79 Å². The third-order valence-electron chi connectivity index (χ3n) is 2.20. The highest BCUT2D eigenvalue weighted by Gasteiger charge is 2.33. The SMILES string of the molecule is NC(CI)(Cc1ccc(O)c(F)c1)C(=O)O. The number of benzene rings is 1. The Morgan fingerprint density at radius 3 is 2.62 bits per heavy atom. The monoisotopic (exact) mass is 339 g/mol. The van der Waals surface area contributed by atoms with Crippen molar-refractivity contribution in [3.63, 3.8) is 0 Å². The van der Waals surface area contributed by atoms with Crippen LogP contribution in [0.15, 0.2) is 18.2 Å². The minimum atomic E-state index is -1.41. The number of rotatable bonds is 4. The Hall–Kier alpha value is -0.890. The number of halogens is 2. The van der Waals surface area contributed by atoms with Gasteiger partial charge in [-0.25, -0.2) is 4.39 Å². The van der Waals surface area contributed by atoms with Crippen molar-refractivity contribution in [1.29, 1.82) is 0 Å². The van der Waals surface area contributed by atoms with Gasteiger partial charge in [0.05, 0.1) is 0 Å². The summed E-state index contributed by atoms with van der Waals surface area (Å²) in [5, 5.41) is 17.9. The maximum atomic E-state index is 13.0. The lowest BCUT2D eigenvalue weighted by Gasteiger charge is -2.22. The van der Waals surface area contributed by atoms with Crippen LogP contribution in [0.25, 0.3) is 0 Å². The number of nitrogens with two attached hydrogens (primary N) is 1. The van der Waals surface area contributed by atoms with Crippen LogP contribution in [0.5, 0.6) is 5.75 Å². The number of phenolic OH excluding ortho intramolecular Hbond substituents is 1. The van der Waals surface area contributed by atoms with E-state index in [-0.39, 0.29) is 10.8 Å². The average molecular weight is 339 g/mol. The smallest absolute Gasteiger partial charge is 0.324 e. The summed E-state index contributed by atoms with van der Waals surface area (Å²) in [5.74, 6) is -2.37. The molecule has 0 saturated heterocycles. The van der Waals surface area contributed by atoms with Crippen molar-refractivity contribution < 1.29 is 19.4 Å². The standard InChI is InChI=1S/C10H11FINO3/c11-7-3-6(1-2-8(7)14)4-10(13,5-12)9(15)16/h1-3,14H,4-5,13H2,(H,15,16). The minimum absolute atomic E-state index is 0.0163. The van der Waals surface area contributed by atoms with E-state index in [0.717, 1.165) is 6.07 Å². The summed E-state index contributed by atoms with van der Waals surface area (Å²) in [6, 6.07) is 3.72. The second-order valence-electron chi connectivity index (χ2n) is 3.56. The van der Waals surface area contributed by atoms with E-state index in [1.165, 1.54) is 12.1 Å². The molecule has 0 aliphatic heterocycles. The van der Waals surface area contributed by atoms with Crippen molar-refractivity contribution in [1.82, 2.24) is 0 Å². The number of carboxylic acids is 1. The molecule has 16 heavy (non-hydrogen) atoms. The number of hydrogen-bond acceptors (Lipinski definition) is 3. The molecule has 0 bridgehead atoms.